The molecule has 2 heteroatoms. The minimum atomic E-state index is 0.251. The average molecular weight is 153 g/mol. The van der Waals surface area contributed by atoms with Gasteiger partial charge in [0.25, 0.3) is 0 Å². The monoisotopic (exact) mass is 153 g/mol. The fourth-order valence-corrected chi connectivity index (χ4v) is 2.28. The molecular formula is C9H15NO. The zero-order valence-corrected chi connectivity index (χ0v) is 7.26. The van der Waals surface area contributed by atoms with Crippen molar-refractivity contribution in [2.75, 3.05) is 6.54 Å². The molecule has 2 rings (SSSR count). The second-order valence-corrected chi connectivity index (χ2v) is 4.20. The van der Waals surface area contributed by atoms with E-state index in [4.69, 9.17) is 0 Å². The highest BCUT2D eigenvalue weighted by molar-refractivity contribution is 5.74. The number of carbonyl (C=O) groups excluding carboxylic acids is 1. The van der Waals surface area contributed by atoms with E-state index in [1.807, 2.05) is 4.90 Å². The third-order valence-electron chi connectivity index (χ3n) is 3.13. The number of hydrogen-bond donors (Lipinski definition) is 0. The Balaban J connectivity index is 2.08. The highest BCUT2D eigenvalue weighted by Gasteiger charge is 2.51. The minimum Gasteiger partial charge on any atom is -0.340 e. The van der Waals surface area contributed by atoms with Gasteiger partial charge in [-0.1, -0.05) is 0 Å². The van der Waals surface area contributed by atoms with Crippen LogP contribution in [0.15, 0.2) is 0 Å². The number of nitrogens with zero attached hydrogens (tertiary/aromatic N) is 1. The van der Waals surface area contributed by atoms with Gasteiger partial charge in [-0.2, -0.15) is 0 Å². The van der Waals surface area contributed by atoms with Crippen LogP contribution in [0.25, 0.3) is 0 Å². The SMILES string of the molecule is CC(=O)N1CC2(CC2)CC1C. The highest BCUT2D eigenvalue weighted by atomic mass is 16.2. The third kappa shape index (κ3) is 1.05. The normalized spacial score (nSPS) is 32.9. The summed E-state index contributed by atoms with van der Waals surface area (Å²) in [4.78, 5) is 13.1. The Morgan fingerprint density at radius 1 is 1.55 bits per heavy atom. The summed E-state index contributed by atoms with van der Waals surface area (Å²) in [7, 11) is 0. The van der Waals surface area contributed by atoms with Crippen LogP contribution in [0.2, 0.25) is 0 Å². The van der Waals surface area contributed by atoms with Crippen molar-refractivity contribution in [1.82, 2.24) is 4.90 Å². The van der Waals surface area contributed by atoms with Crippen molar-refractivity contribution in [3.8, 4) is 0 Å². The van der Waals surface area contributed by atoms with Crippen LogP contribution in [0.1, 0.15) is 33.1 Å². The molecule has 1 aliphatic carbocycles. The topological polar surface area (TPSA) is 20.3 Å². The molecule has 0 bridgehead atoms. The lowest BCUT2D eigenvalue weighted by atomic mass is 10.0. The van der Waals surface area contributed by atoms with Crippen LogP contribution in [-0.4, -0.2) is 23.4 Å². The summed E-state index contributed by atoms with van der Waals surface area (Å²) in [6.07, 6.45) is 3.94. The highest BCUT2D eigenvalue weighted by Crippen LogP contribution is 2.54. The van der Waals surface area contributed by atoms with Gasteiger partial charge in [-0.25, -0.2) is 0 Å². The average Bonchev–Trinajstić information content (AvgIpc) is 2.54. The van der Waals surface area contributed by atoms with Crippen molar-refractivity contribution >= 4 is 5.91 Å². The standard InChI is InChI=1S/C9H15NO/c1-7-5-9(3-4-9)6-10(7)8(2)11/h7H,3-6H2,1-2H3. The van der Waals surface area contributed by atoms with Crippen molar-refractivity contribution in [3.05, 3.63) is 0 Å². The molecule has 1 heterocycles. The van der Waals surface area contributed by atoms with Crippen LogP contribution >= 0.6 is 0 Å². The predicted octanol–water partition coefficient (Wildman–Crippen LogP) is 1.41. The second kappa shape index (κ2) is 1.99. The van der Waals surface area contributed by atoms with Crippen molar-refractivity contribution in [2.45, 2.75) is 39.2 Å². The van der Waals surface area contributed by atoms with Gasteiger partial charge in [0.05, 0.1) is 0 Å². The molecule has 2 fully saturated rings. The maximum atomic E-state index is 11.1. The summed E-state index contributed by atoms with van der Waals surface area (Å²) in [5.41, 5.74) is 0.574. The number of hydrogen-bond acceptors (Lipinski definition) is 1. The molecule has 1 amide bonds. The predicted molar refractivity (Wildman–Crippen MR) is 43.1 cm³/mol. The van der Waals surface area contributed by atoms with Crippen LogP contribution in [0.4, 0.5) is 0 Å². The van der Waals surface area contributed by atoms with Gasteiger partial charge in [-0.05, 0) is 31.6 Å². The lowest BCUT2D eigenvalue weighted by molar-refractivity contribution is -0.129. The Hall–Kier alpha value is -0.530. The minimum absolute atomic E-state index is 0.251. The first-order valence-corrected chi connectivity index (χ1v) is 4.40. The molecule has 11 heavy (non-hydrogen) atoms. The van der Waals surface area contributed by atoms with Crippen LogP contribution in [0.3, 0.4) is 0 Å². The van der Waals surface area contributed by atoms with E-state index in [-0.39, 0.29) is 5.91 Å². The fourth-order valence-electron chi connectivity index (χ4n) is 2.28. The lowest BCUT2D eigenvalue weighted by Crippen LogP contribution is -2.31. The lowest BCUT2D eigenvalue weighted by Gasteiger charge is -2.18. The Morgan fingerprint density at radius 3 is 2.45 bits per heavy atom. The molecule has 62 valence electrons. The van der Waals surface area contributed by atoms with E-state index in [1.54, 1.807) is 6.92 Å². The van der Waals surface area contributed by atoms with Crippen molar-refractivity contribution in [1.29, 1.82) is 0 Å². The molecule has 1 unspecified atom stereocenters. The van der Waals surface area contributed by atoms with Gasteiger partial charge < -0.3 is 4.90 Å². The number of carbonyl (C=O) groups is 1. The number of amides is 1. The largest absolute Gasteiger partial charge is 0.340 e. The van der Waals surface area contributed by atoms with Gasteiger partial charge in [0, 0.05) is 19.5 Å². The van der Waals surface area contributed by atoms with Crippen molar-refractivity contribution in [2.24, 2.45) is 5.41 Å². The quantitative estimate of drug-likeness (QED) is 0.515. The molecule has 2 nitrogen and oxygen atoms in total. The molecule has 0 N–H and O–H groups in total. The number of likely N-dealkylation sites (tertiary alicyclic amines) is 1. The maximum Gasteiger partial charge on any atom is 0.219 e. The first kappa shape index (κ1) is 7.14. The molecule has 0 aromatic carbocycles. The molecule has 1 saturated carbocycles. The summed E-state index contributed by atoms with van der Waals surface area (Å²) in [5.74, 6) is 0.251. The maximum absolute atomic E-state index is 11.1. The van der Waals surface area contributed by atoms with E-state index in [2.05, 4.69) is 6.92 Å². The van der Waals surface area contributed by atoms with E-state index < -0.39 is 0 Å². The number of rotatable bonds is 0. The Bertz CT molecular complexity index is 196. The molecular weight excluding hydrogens is 138 g/mol. The van der Waals surface area contributed by atoms with E-state index in [0.717, 1.165) is 6.54 Å². The van der Waals surface area contributed by atoms with E-state index >= 15 is 0 Å². The summed E-state index contributed by atoms with van der Waals surface area (Å²) < 4.78 is 0. The van der Waals surface area contributed by atoms with Crippen LogP contribution in [0.5, 0.6) is 0 Å². The smallest absolute Gasteiger partial charge is 0.219 e. The van der Waals surface area contributed by atoms with Crippen molar-refractivity contribution in [3.63, 3.8) is 0 Å². The first-order chi connectivity index (χ1) is 5.13. The first-order valence-electron chi connectivity index (χ1n) is 4.40. The molecule has 0 aromatic heterocycles. The van der Waals surface area contributed by atoms with Crippen molar-refractivity contribution < 1.29 is 4.79 Å². The Labute approximate surface area is 67.6 Å². The molecule has 0 radical (unpaired) electrons. The summed E-state index contributed by atoms with van der Waals surface area (Å²) in [5, 5.41) is 0. The third-order valence-corrected chi connectivity index (χ3v) is 3.13. The molecule has 1 aliphatic heterocycles. The molecule has 1 atom stereocenters. The van der Waals surface area contributed by atoms with Gasteiger partial charge in [0.1, 0.15) is 0 Å². The van der Waals surface area contributed by atoms with Crippen LogP contribution in [0, 0.1) is 5.41 Å². The second-order valence-electron chi connectivity index (χ2n) is 4.20. The molecule has 1 spiro atoms. The van der Waals surface area contributed by atoms with E-state index in [9.17, 15) is 4.79 Å². The van der Waals surface area contributed by atoms with Gasteiger partial charge in [0.15, 0.2) is 0 Å². The van der Waals surface area contributed by atoms with E-state index in [0.29, 0.717) is 11.5 Å². The van der Waals surface area contributed by atoms with E-state index in [1.165, 1.54) is 19.3 Å². The fraction of sp³-hybridized carbons (Fsp3) is 0.889. The molecule has 1 saturated heterocycles. The van der Waals surface area contributed by atoms with Crippen LogP contribution in [-0.2, 0) is 4.79 Å². The summed E-state index contributed by atoms with van der Waals surface area (Å²) in [6, 6.07) is 0.495. The summed E-state index contributed by atoms with van der Waals surface area (Å²) in [6.45, 7) is 4.87. The summed E-state index contributed by atoms with van der Waals surface area (Å²) >= 11 is 0. The van der Waals surface area contributed by atoms with Gasteiger partial charge in [-0.15, -0.1) is 0 Å². The molecule has 2 aliphatic rings. The molecule has 0 aromatic rings. The zero-order valence-electron chi connectivity index (χ0n) is 7.26. The zero-order chi connectivity index (χ0) is 8.06. The van der Waals surface area contributed by atoms with Gasteiger partial charge in [-0.3, -0.25) is 4.79 Å². The Morgan fingerprint density at radius 2 is 2.18 bits per heavy atom. The Kier molecular flexibility index (Phi) is 1.29. The van der Waals surface area contributed by atoms with Gasteiger partial charge in [0.2, 0.25) is 5.91 Å². The van der Waals surface area contributed by atoms with Crippen LogP contribution < -0.4 is 0 Å². The van der Waals surface area contributed by atoms with Gasteiger partial charge >= 0.3 is 0 Å².